The van der Waals surface area contributed by atoms with Crippen molar-refractivity contribution in [2.45, 2.75) is 31.9 Å². The SMILES string of the molecule is NC(=O)CC1CCN(CC(O)Cn2cc(N)cn2)CC1. The van der Waals surface area contributed by atoms with Crippen molar-refractivity contribution in [3.8, 4) is 0 Å². The minimum absolute atomic E-state index is 0.222. The smallest absolute Gasteiger partial charge is 0.217 e. The topological polar surface area (TPSA) is 110 Å². The maximum Gasteiger partial charge on any atom is 0.217 e. The predicted octanol–water partition coefficient (Wildman–Crippen LogP) is -0.586. The molecule has 7 heteroatoms. The molecule has 7 nitrogen and oxygen atoms in total. The summed E-state index contributed by atoms with van der Waals surface area (Å²) in [5.74, 6) is 0.173. The highest BCUT2D eigenvalue weighted by Gasteiger charge is 2.22. The molecule has 2 rings (SSSR count). The van der Waals surface area contributed by atoms with Crippen molar-refractivity contribution in [1.29, 1.82) is 0 Å². The van der Waals surface area contributed by atoms with Crippen LogP contribution in [0.1, 0.15) is 19.3 Å². The highest BCUT2D eigenvalue weighted by molar-refractivity contribution is 5.73. The van der Waals surface area contributed by atoms with Crippen molar-refractivity contribution >= 4 is 11.6 Å². The van der Waals surface area contributed by atoms with E-state index < -0.39 is 6.10 Å². The summed E-state index contributed by atoms with van der Waals surface area (Å²) in [4.78, 5) is 13.1. The molecule has 0 aliphatic carbocycles. The number of carbonyl (C=O) groups is 1. The van der Waals surface area contributed by atoms with Gasteiger partial charge in [-0.3, -0.25) is 9.48 Å². The van der Waals surface area contributed by atoms with Crippen LogP contribution in [0.3, 0.4) is 0 Å². The summed E-state index contributed by atoms with van der Waals surface area (Å²) in [6.45, 7) is 2.86. The largest absolute Gasteiger partial charge is 0.396 e. The van der Waals surface area contributed by atoms with Crippen LogP contribution in [0.4, 0.5) is 5.69 Å². The minimum atomic E-state index is -0.470. The Labute approximate surface area is 118 Å². The monoisotopic (exact) mass is 281 g/mol. The van der Waals surface area contributed by atoms with E-state index in [4.69, 9.17) is 11.5 Å². The molecule has 1 fully saturated rings. The van der Waals surface area contributed by atoms with Gasteiger partial charge in [-0.15, -0.1) is 0 Å². The molecule has 2 heterocycles. The molecule has 0 saturated carbocycles. The molecule has 5 N–H and O–H groups in total. The van der Waals surface area contributed by atoms with E-state index in [1.807, 2.05) is 0 Å². The number of amides is 1. The van der Waals surface area contributed by atoms with Gasteiger partial charge < -0.3 is 21.5 Å². The third-order valence-electron chi connectivity index (χ3n) is 3.72. The van der Waals surface area contributed by atoms with Crippen LogP contribution in [0, 0.1) is 5.92 Å². The summed E-state index contributed by atoms with van der Waals surface area (Å²) in [7, 11) is 0. The van der Waals surface area contributed by atoms with E-state index in [1.54, 1.807) is 17.1 Å². The maximum absolute atomic E-state index is 10.9. The molecule has 20 heavy (non-hydrogen) atoms. The van der Waals surface area contributed by atoms with Gasteiger partial charge in [0.15, 0.2) is 0 Å². The van der Waals surface area contributed by atoms with Crippen LogP contribution in [0.15, 0.2) is 12.4 Å². The molecule has 1 atom stereocenters. The second kappa shape index (κ2) is 6.71. The Kier molecular flexibility index (Phi) is 4.97. The van der Waals surface area contributed by atoms with E-state index in [0.29, 0.717) is 31.1 Å². The van der Waals surface area contributed by atoms with Crippen LogP contribution in [0.5, 0.6) is 0 Å². The van der Waals surface area contributed by atoms with Gasteiger partial charge in [0.05, 0.1) is 24.5 Å². The fourth-order valence-electron chi connectivity index (χ4n) is 2.71. The molecule has 1 aliphatic rings. The lowest BCUT2D eigenvalue weighted by molar-refractivity contribution is -0.119. The standard InChI is InChI=1S/C13H23N5O2/c14-11-6-16-18(7-11)9-12(19)8-17-3-1-10(2-4-17)5-13(15)20/h6-7,10,12,19H,1-5,8-9,14H2,(H2,15,20). The van der Waals surface area contributed by atoms with Crippen molar-refractivity contribution in [2.75, 3.05) is 25.4 Å². The lowest BCUT2D eigenvalue weighted by Crippen LogP contribution is -2.40. The number of piperidine rings is 1. The number of primary amides is 1. The second-order valence-electron chi connectivity index (χ2n) is 5.56. The van der Waals surface area contributed by atoms with E-state index in [0.717, 1.165) is 25.9 Å². The molecule has 0 bridgehead atoms. The van der Waals surface area contributed by atoms with Gasteiger partial charge >= 0.3 is 0 Å². The first-order valence-corrected chi connectivity index (χ1v) is 6.99. The fourth-order valence-corrected chi connectivity index (χ4v) is 2.71. The Hall–Kier alpha value is -1.60. The number of nitrogen functional groups attached to an aromatic ring is 1. The second-order valence-corrected chi connectivity index (χ2v) is 5.56. The highest BCUT2D eigenvalue weighted by atomic mass is 16.3. The lowest BCUT2D eigenvalue weighted by Gasteiger charge is -2.32. The molecule has 0 spiro atoms. The minimum Gasteiger partial charge on any atom is -0.396 e. The van der Waals surface area contributed by atoms with Gasteiger partial charge in [0.2, 0.25) is 5.91 Å². The Morgan fingerprint density at radius 1 is 1.45 bits per heavy atom. The molecule has 1 aliphatic heterocycles. The van der Waals surface area contributed by atoms with Crippen LogP contribution in [-0.2, 0) is 11.3 Å². The number of hydrogen-bond donors (Lipinski definition) is 3. The van der Waals surface area contributed by atoms with Gasteiger partial charge in [-0.05, 0) is 31.8 Å². The number of β-amino-alcohol motifs (C(OH)–C–C–N with tert-alkyl or cyclic N) is 1. The molecular weight excluding hydrogens is 258 g/mol. The number of anilines is 1. The fraction of sp³-hybridized carbons (Fsp3) is 0.692. The summed E-state index contributed by atoms with van der Waals surface area (Å²) in [5.41, 5.74) is 11.4. The molecule has 1 saturated heterocycles. The number of aliphatic hydroxyl groups excluding tert-OH is 1. The Morgan fingerprint density at radius 3 is 2.70 bits per heavy atom. The Bertz CT molecular complexity index is 440. The Morgan fingerprint density at radius 2 is 2.15 bits per heavy atom. The molecule has 1 unspecified atom stereocenters. The predicted molar refractivity (Wildman–Crippen MR) is 75.6 cm³/mol. The van der Waals surface area contributed by atoms with Crippen LogP contribution in [0.2, 0.25) is 0 Å². The molecular formula is C13H23N5O2. The van der Waals surface area contributed by atoms with E-state index >= 15 is 0 Å². The Balaban J connectivity index is 1.70. The van der Waals surface area contributed by atoms with Gasteiger partial charge in [-0.25, -0.2) is 0 Å². The average Bonchev–Trinajstić information content (AvgIpc) is 2.76. The number of nitrogens with two attached hydrogens (primary N) is 2. The van der Waals surface area contributed by atoms with Crippen LogP contribution in [0.25, 0.3) is 0 Å². The van der Waals surface area contributed by atoms with Gasteiger partial charge in [0.1, 0.15) is 0 Å². The first-order valence-electron chi connectivity index (χ1n) is 6.99. The normalized spacial score (nSPS) is 19.1. The third kappa shape index (κ3) is 4.50. The van der Waals surface area contributed by atoms with Crippen LogP contribution in [-0.4, -0.2) is 51.4 Å². The number of likely N-dealkylation sites (tertiary alicyclic amines) is 1. The zero-order valence-electron chi connectivity index (χ0n) is 11.6. The summed E-state index contributed by atoms with van der Waals surface area (Å²) in [6, 6.07) is 0. The summed E-state index contributed by atoms with van der Waals surface area (Å²) >= 11 is 0. The van der Waals surface area contributed by atoms with Crippen molar-refractivity contribution in [1.82, 2.24) is 14.7 Å². The number of nitrogens with zero attached hydrogens (tertiary/aromatic N) is 3. The number of carbonyl (C=O) groups excluding carboxylic acids is 1. The third-order valence-corrected chi connectivity index (χ3v) is 3.72. The summed E-state index contributed by atoms with van der Waals surface area (Å²) < 4.78 is 1.65. The average molecular weight is 281 g/mol. The van der Waals surface area contributed by atoms with E-state index in [-0.39, 0.29) is 5.91 Å². The van der Waals surface area contributed by atoms with E-state index in [1.165, 1.54) is 0 Å². The quantitative estimate of drug-likeness (QED) is 0.645. The van der Waals surface area contributed by atoms with E-state index in [2.05, 4.69) is 10.00 Å². The maximum atomic E-state index is 10.9. The van der Waals surface area contributed by atoms with E-state index in [9.17, 15) is 9.90 Å². The van der Waals surface area contributed by atoms with Gasteiger partial charge in [0.25, 0.3) is 0 Å². The lowest BCUT2D eigenvalue weighted by atomic mass is 9.93. The zero-order valence-corrected chi connectivity index (χ0v) is 11.6. The number of aromatic nitrogens is 2. The van der Waals surface area contributed by atoms with Gasteiger partial charge in [-0.2, -0.15) is 5.10 Å². The molecule has 1 amide bonds. The summed E-state index contributed by atoms with van der Waals surface area (Å²) in [6.07, 6.45) is 5.21. The van der Waals surface area contributed by atoms with Crippen molar-refractivity contribution in [2.24, 2.45) is 11.7 Å². The molecule has 1 aromatic rings. The van der Waals surface area contributed by atoms with Gasteiger partial charge in [0, 0.05) is 19.2 Å². The first kappa shape index (κ1) is 14.8. The molecule has 112 valence electrons. The number of aliphatic hydroxyl groups is 1. The number of rotatable bonds is 6. The first-order chi connectivity index (χ1) is 9.52. The zero-order chi connectivity index (χ0) is 14.5. The van der Waals surface area contributed by atoms with Crippen LogP contribution >= 0.6 is 0 Å². The molecule has 1 aromatic heterocycles. The van der Waals surface area contributed by atoms with Crippen LogP contribution < -0.4 is 11.5 Å². The van der Waals surface area contributed by atoms with Crippen molar-refractivity contribution in [3.05, 3.63) is 12.4 Å². The highest BCUT2D eigenvalue weighted by Crippen LogP contribution is 2.20. The molecule has 0 radical (unpaired) electrons. The van der Waals surface area contributed by atoms with Gasteiger partial charge in [-0.1, -0.05) is 0 Å². The van der Waals surface area contributed by atoms with Crippen molar-refractivity contribution in [3.63, 3.8) is 0 Å². The number of hydrogen-bond acceptors (Lipinski definition) is 5. The van der Waals surface area contributed by atoms with Crippen molar-refractivity contribution < 1.29 is 9.90 Å². The summed E-state index contributed by atoms with van der Waals surface area (Å²) in [5, 5.41) is 14.1. The molecule has 0 aromatic carbocycles.